The van der Waals surface area contributed by atoms with E-state index in [-0.39, 0.29) is 23.8 Å². The molecule has 2 bridgehead atoms. The lowest BCUT2D eigenvalue weighted by atomic mass is 9.93. The smallest absolute Gasteiger partial charge is 0.246 e. The van der Waals surface area contributed by atoms with Crippen molar-refractivity contribution < 1.29 is 14.2 Å². The maximum absolute atomic E-state index is 12.2. The van der Waals surface area contributed by atoms with Gasteiger partial charge in [0.1, 0.15) is 18.5 Å². The van der Waals surface area contributed by atoms with Crippen molar-refractivity contribution in [3.8, 4) is 0 Å². The van der Waals surface area contributed by atoms with Crippen LogP contribution < -0.4 is 0 Å². The summed E-state index contributed by atoms with van der Waals surface area (Å²) in [7, 11) is 0. The van der Waals surface area contributed by atoms with Gasteiger partial charge in [0.2, 0.25) is 0 Å². The summed E-state index contributed by atoms with van der Waals surface area (Å²) in [6.07, 6.45) is 7.78. The van der Waals surface area contributed by atoms with E-state index in [0.717, 1.165) is 12.8 Å². The van der Waals surface area contributed by atoms with E-state index in [1.807, 2.05) is 10.8 Å². The summed E-state index contributed by atoms with van der Waals surface area (Å²) in [5.74, 6) is 0.226. The van der Waals surface area contributed by atoms with Crippen LogP contribution in [0.2, 0.25) is 0 Å². The maximum Gasteiger partial charge on any atom is 0.500 e. The Balaban J connectivity index is 1.90. The Kier molecular flexibility index (Phi) is 2.53. The first-order chi connectivity index (χ1) is 8.18. The molecule has 2 unspecified atom stereocenters. The van der Waals surface area contributed by atoms with Crippen molar-refractivity contribution in [2.24, 2.45) is 11.8 Å². The Morgan fingerprint density at radius 2 is 1.94 bits per heavy atom. The Morgan fingerprint density at radius 1 is 1.24 bits per heavy atom. The number of hydrogen-bond donors (Lipinski definition) is 0. The highest BCUT2D eigenvalue weighted by atomic mass is 16.2. The van der Waals surface area contributed by atoms with Crippen LogP contribution in [0.5, 0.6) is 0 Å². The maximum atomic E-state index is 12.2. The summed E-state index contributed by atoms with van der Waals surface area (Å²) >= 11 is 0. The number of fused-ring (bicyclic) bond motifs is 2. The predicted molar refractivity (Wildman–Crippen MR) is 63.0 cm³/mol. The Morgan fingerprint density at radius 3 is 2.65 bits per heavy atom. The first kappa shape index (κ1) is 10.9. The summed E-state index contributed by atoms with van der Waals surface area (Å²) in [6.45, 7) is 2.65. The highest BCUT2D eigenvalue weighted by molar-refractivity contribution is 6.05. The van der Waals surface area contributed by atoms with Crippen LogP contribution >= 0.6 is 0 Å². The van der Waals surface area contributed by atoms with Gasteiger partial charge in [0.15, 0.2) is 0 Å². The number of amides is 3. The molecule has 0 aromatic heterocycles. The van der Waals surface area contributed by atoms with Gasteiger partial charge in [0.05, 0.1) is 6.21 Å². The minimum absolute atomic E-state index is 0.00885. The molecule has 4 nitrogen and oxygen atoms in total. The average Bonchev–Trinajstić information content (AvgIpc) is 2.54. The third-order valence-corrected chi connectivity index (χ3v) is 4.38. The lowest BCUT2D eigenvalue weighted by Gasteiger charge is -2.25. The fraction of sp³-hybridized carbons (Fsp3) is 0.769. The minimum Gasteiger partial charge on any atom is -0.246 e. The largest absolute Gasteiger partial charge is 0.500 e. The van der Waals surface area contributed by atoms with Crippen molar-refractivity contribution in [2.45, 2.75) is 45.1 Å². The standard InChI is InChI=1S/C13H19N2O2/c1-9-7-15-12(16)11(9)8-14(13(15)17)10-5-3-2-4-6-10/h8-11H,2-7H2,1H3/q+1. The fourth-order valence-corrected chi connectivity index (χ4v) is 3.31. The molecule has 2 aliphatic heterocycles. The summed E-state index contributed by atoms with van der Waals surface area (Å²) in [5, 5.41) is 0. The van der Waals surface area contributed by atoms with E-state index in [4.69, 9.17) is 0 Å². The topological polar surface area (TPSA) is 40.4 Å². The highest BCUT2D eigenvalue weighted by Crippen LogP contribution is 2.30. The number of rotatable bonds is 1. The van der Waals surface area contributed by atoms with Gasteiger partial charge in [0, 0.05) is 5.92 Å². The molecule has 1 saturated heterocycles. The van der Waals surface area contributed by atoms with Gasteiger partial charge in [-0.05, 0) is 25.7 Å². The van der Waals surface area contributed by atoms with Crippen LogP contribution in [0.3, 0.4) is 0 Å². The zero-order chi connectivity index (χ0) is 12.0. The molecular weight excluding hydrogens is 216 g/mol. The first-order valence-corrected chi connectivity index (χ1v) is 6.67. The fourth-order valence-electron chi connectivity index (χ4n) is 3.31. The van der Waals surface area contributed by atoms with E-state index in [0.29, 0.717) is 12.6 Å². The van der Waals surface area contributed by atoms with Crippen molar-refractivity contribution in [2.75, 3.05) is 6.54 Å². The molecule has 1 aliphatic carbocycles. The van der Waals surface area contributed by atoms with E-state index < -0.39 is 0 Å². The van der Waals surface area contributed by atoms with Crippen molar-refractivity contribution in [3.05, 3.63) is 0 Å². The van der Waals surface area contributed by atoms with Gasteiger partial charge in [0.25, 0.3) is 0 Å². The Hall–Kier alpha value is -1.19. The van der Waals surface area contributed by atoms with Crippen LogP contribution in [0.15, 0.2) is 0 Å². The van der Waals surface area contributed by atoms with E-state index in [1.54, 1.807) is 0 Å². The SMILES string of the molecule is CC1CN2C(=O)C1C=[N+](C1CCCCC1)C2=O. The molecule has 0 spiro atoms. The third-order valence-electron chi connectivity index (χ3n) is 4.38. The number of carbonyl (C=O) groups is 2. The van der Waals surface area contributed by atoms with E-state index in [2.05, 4.69) is 6.92 Å². The molecule has 2 heterocycles. The summed E-state index contributed by atoms with van der Waals surface area (Å²) in [6, 6.07) is 0.252. The molecule has 0 N–H and O–H groups in total. The van der Waals surface area contributed by atoms with Crippen LogP contribution in [0.1, 0.15) is 39.0 Å². The zero-order valence-corrected chi connectivity index (χ0v) is 10.3. The lowest BCUT2D eigenvalue weighted by Crippen LogP contribution is -2.49. The normalized spacial score (nSPS) is 34.2. The predicted octanol–water partition coefficient (Wildman–Crippen LogP) is 1.63. The number of nitrogens with zero attached hydrogens (tertiary/aromatic N) is 2. The lowest BCUT2D eigenvalue weighted by molar-refractivity contribution is -0.481. The zero-order valence-electron chi connectivity index (χ0n) is 10.3. The van der Waals surface area contributed by atoms with Gasteiger partial charge >= 0.3 is 11.9 Å². The molecule has 3 rings (SSSR count). The summed E-state index contributed by atoms with van der Waals surface area (Å²) in [5.41, 5.74) is 0. The molecular formula is C13H19N2O2+. The van der Waals surface area contributed by atoms with Gasteiger partial charge in [-0.1, -0.05) is 13.3 Å². The van der Waals surface area contributed by atoms with Crippen molar-refractivity contribution in [1.29, 1.82) is 0 Å². The van der Waals surface area contributed by atoms with E-state index in [1.165, 1.54) is 24.2 Å². The first-order valence-electron chi connectivity index (χ1n) is 6.67. The van der Waals surface area contributed by atoms with Crippen molar-refractivity contribution >= 4 is 18.2 Å². The second-order valence-corrected chi connectivity index (χ2v) is 5.58. The number of hydrogen-bond acceptors (Lipinski definition) is 2. The highest BCUT2D eigenvalue weighted by Gasteiger charge is 2.53. The quantitative estimate of drug-likeness (QED) is 0.648. The van der Waals surface area contributed by atoms with Crippen molar-refractivity contribution in [1.82, 2.24) is 4.90 Å². The van der Waals surface area contributed by atoms with E-state index >= 15 is 0 Å². The minimum atomic E-state index is -0.0810. The molecule has 3 amide bonds. The Bertz CT molecular complexity index is 396. The molecule has 0 aromatic rings. The molecule has 3 aliphatic rings. The average molecular weight is 235 g/mol. The summed E-state index contributed by atoms with van der Waals surface area (Å²) in [4.78, 5) is 25.6. The van der Waals surface area contributed by atoms with Gasteiger partial charge in [-0.2, -0.15) is 14.3 Å². The number of imide groups is 1. The van der Waals surface area contributed by atoms with Crippen LogP contribution in [0.4, 0.5) is 4.79 Å². The van der Waals surface area contributed by atoms with Crippen molar-refractivity contribution in [3.63, 3.8) is 0 Å². The molecule has 1 saturated carbocycles. The van der Waals surface area contributed by atoms with Crippen LogP contribution in [0.25, 0.3) is 0 Å². The molecule has 2 fully saturated rings. The third kappa shape index (κ3) is 1.61. The molecule has 0 aromatic carbocycles. The van der Waals surface area contributed by atoms with Gasteiger partial charge in [-0.15, -0.1) is 0 Å². The Labute approximate surface area is 101 Å². The second kappa shape index (κ2) is 3.93. The van der Waals surface area contributed by atoms with Crippen LogP contribution in [-0.4, -0.2) is 40.2 Å². The number of urea groups is 1. The summed E-state index contributed by atoms with van der Waals surface area (Å²) < 4.78 is 1.86. The molecule has 2 atom stereocenters. The second-order valence-electron chi connectivity index (χ2n) is 5.58. The van der Waals surface area contributed by atoms with E-state index in [9.17, 15) is 9.59 Å². The van der Waals surface area contributed by atoms with Crippen LogP contribution in [-0.2, 0) is 4.79 Å². The molecule has 0 radical (unpaired) electrons. The van der Waals surface area contributed by atoms with Crippen LogP contribution in [0, 0.1) is 11.8 Å². The number of carbonyl (C=O) groups excluding carboxylic acids is 2. The molecule has 17 heavy (non-hydrogen) atoms. The van der Waals surface area contributed by atoms with Gasteiger partial charge in [-0.3, -0.25) is 0 Å². The molecule has 4 heteroatoms. The monoisotopic (exact) mass is 235 g/mol. The van der Waals surface area contributed by atoms with Gasteiger partial charge < -0.3 is 0 Å². The molecule has 92 valence electrons. The van der Waals surface area contributed by atoms with Gasteiger partial charge in [-0.25, -0.2) is 4.79 Å².